The molecule has 1 aromatic rings. The monoisotopic (exact) mass is 477 g/mol. The first kappa shape index (κ1) is 25.1. The average Bonchev–Trinajstić information content (AvgIpc) is 2.58. The van der Waals surface area contributed by atoms with Crippen molar-refractivity contribution >= 4 is 32.6 Å². The molecule has 1 rings (SSSR count). The van der Waals surface area contributed by atoms with Crippen molar-refractivity contribution in [3.63, 3.8) is 0 Å². The van der Waals surface area contributed by atoms with Crippen LogP contribution >= 0.6 is 0 Å². The van der Waals surface area contributed by atoms with E-state index in [4.69, 9.17) is 8.25 Å². The molecule has 0 saturated carbocycles. The van der Waals surface area contributed by atoms with Gasteiger partial charge in [-0.15, -0.1) is 0 Å². The summed E-state index contributed by atoms with van der Waals surface area (Å²) in [5, 5.41) is 11.3. The molecule has 0 fully saturated rings. The van der Waals surface area contributed by atoms with Crippen LogP contribution in [0.3, 0.4) is 0 Å². The van der Waals surface area contributed by atoms with Gasteiger partial charge in [0.2, 0.25) is 0 Å². The van der Waals surface area contributed by atoms with E-state index < -0.39 is 27.4 Å². The number of benzene rings is 1. The molecule has 0 saturated heterocycles. The number of hydrogen-bond acceptors (Lipinski definition) is 5. The van der Waals surface area contributed by atoms with Gasteiger partial charge in [-0.2, -0.15) is 0 Å². The molecule has 6 nitrogen and oxygen atoms in total. The molecule has 2 atom stereocenters. The Kier molecular flexibility index (Phi) is 9.63. The van der Waals surface area contributed by atoms with E-state index in [0.717, 1.165) is 19.4 Å². The number of nitro benzene ring substituents is 1. The van der Waals surface area contributed by atoms with Crippen molar-refractivity contribution in [1.29, 1.82) is 0 Å². The van der Waals surface area contributed by atoms with Gasteiger partial charge < -0.3 is 0 Å². The molecule has 8 heteroatoms. The predicted octanol–water partition coefficient (Wildman–Crippen LogP) is 4.81. The third kappa shape index (κ3) is 7.48. The normalized spacial score (nSPS) is 14.9. The molecule has 0 aliphatic carbocycles. The zero-order valence-corrected chi connectivity index (χ0v) is 20.9. The summed E-state index contributed by atoms with van der Waals surface area (Å²) in [5.74, 6) is 0.858. The fourth-order valence-electron chi connectivity index (χ4n) is 2.58. The Labute approximate surface area is 174 Å². The van der Waals surface area contributed by atoms with Crippen LogP contribution in [0.25, 0.3) is 0 Å². The minimum absolute atomic E-state index is 0.134. The van der Waals surface area contributed by atoms with Gasteiger partial charge in [-0.3, -0.25) is 0 Å². The fraction of sp³-hybridized carbons (Fsp3) is 0.700. The molecule has 0 aliphatic rings. The van der Waals surface area contributed by atoms with Crippen molar-refractivity contribution in [2.75, 3.05) is 13.2 Å². The van der Waals surface area contributed by atoms with Gasteiger partial charge in [0.1, 0.15) is 0 Å². The van der Waals surface area contributed by atoms with Gasteiger partial charge in [-0.05, 0) is 0 Å². The van der Waals surface area contributed by atoms with E-state index in [9.17, 15) is 13.9 Å². The molecule has 0 heterocycles. The number of rotatable bonds is 11. The van der Waals surface area contributed by atoms with Crippen LogP contribution in [0.5, 0.6) is 0 Å². The van der Waals surface area contributed by atoms with Gasteiger partial charge in [-0.25, -0.2) is 0 Å². The zero-order chi connectivity index (χ0) is 21.5. The summed E-state index contributed by atoms with van der Waals surface area (Å²) in [6, 6.07) is 6.10. The molecular weight excluding hydrogens is 441 g/mol. The summed E-state index contributed by atoms with van der Waals surface area (Å²) in [4.78, 5) is 10.6. The van der Waals surface area contributed by atoms with Crippen LogP contribution in [-0.4, -0.2) is 40.6 Å². The Morgan fingerprint density at radius 2 is 1.71 bits per heavy atom. The SMILES string of the molecule is CC(C)[C@H](CCO[Se](=O)c1ccccc1[N+](=O)[O-])CCO[Si](C)(C)C(C)(C)C. The summed E-state index contributed by atoms with van der Waals surface area (Å²) in [7, 11) is -1.76. The molecule has 0 aromatic heterocycles. The second-order valence-electron chi connectivity index (χ2n) is 8.97. The van der Waals surface area contributed by atoms with Crippen LogP contribution in [-0.2, 0) is 12.1 Å². The van der Waals surface area contributed by atoms with Gasteiger partial charge in [0.25, 0.3) is 0 Å². The molecule has 0 radical (unpaired) electrons. The summed E-state index contributed by atoms with van der Waals surface area (Å²) < 4.78 is 24.5. The number of nitrogens with zero attached hydrogens (tertiary/aromatic N) is 1. The maximum atomic E-state index is 12.4. The molecule has 0 spiro atoms. The van der Waals surface area contributed by atoms with Crippen LogP contribution in [0, 0.1) is 22.0 Å². The topological polar surface area (TPSA) is 78.7 Å². The third-order valence-electron chi connectivity index (χ3n) is 5.62. The second kappa shape index (κ2) is 10.7. The first-order chi connectivity index (χ1) is 12.9. The van der Waals surface area contributed by atoms with E-state index in [-0.39, 0.29) is 15.2 Å². The van der Waals surface area contributed by atoms with Crippen molar-refractivity contribution in [2.24, 2.45) is 11.8 Å². The Morgan fingerprint density at radius 3 is 2.25 bits per heavy atom. The molecule has 160 valence electrons. The second-order valence-corrected chi connectivity index (χ2v) is 16.2. The van der Waals surface area contributed by atoms with E-state index in [1.807, 2.05) is 0 Å². The van der Waals surface area contributed by atoms with Gasteiger partial charge in [0.05, 0.1) is 0 Å². The standard InChI is InChI=1S/C20H35NO5SeSi/c1-16(2)17(13-15-26-28(6,7)20(3,4)5)12-14-25-27(24)19-11-9-8-10-18(19)21(22)23/h8-11,16-17H,12-15H2,1-7H3/t17-,27?/m1/s1. The van der Waals surface area contributed by atoms with Crippen LogP contribution < -0.4 is 4.46 Å². The van der Waals surface area contributed by atoms with Crippen molar-refractivity contribution in [1.82, 2.24) is 0 Å². The Hall–Kier alpha value is -0.924. The quantitative estimate of drug-likeness (QED) is 0.260. The Morgan fingerprint density at radius 1 is 1.14 bits per heavy atom. The minimum atomic E-state index is -2.89. The van der Waals surface area contributed by atoms with Crippen LogP contribution in [0.15, 0.2) is 24.3 Å². The van der Waals surface area contributed by atoms with E-state index in [0.29, 0.717) is 18.4 Å². The first-order valence-electron chi connectivity index (χ1n) is 9.79. The van der Waals surface area contributed by atoms with Crippen molar-refractivity contribution in [3.05, 3.63) is 34.4 Å². The summed E-state index contributed by atoms with van der Waals surface area (Å²) in [6.07, 6.45) is 1.70. The number of para-hydroxylation sites is 1. The molecule has 1 unspecified atom stereocenters. The summed E-state index contributed by atoms with van der Waals surface area (Å²) in [5.41, 5.74) is -0.134. The van der Waals surface area contributed by atoms with Crippen molar-refractivity contribution < 1.29 is 17.0 Å². The molecule has 0 aliphatic heterocycles. The Bertz CT molecular complexity index is 673. The van der Waals surface area contributed by atoms with Crippen molar-refractivity contribution in [3.8, 4) is 0 Å². The van der Waals surface area contributed by atoms with E-state index in [2.05, 4.69) is 47.7 Å². The maximum absolute atomic E-state index is 12.4. The Balaban J connectivity index is 2.56. The first-order valence-corrected chi connectivity index (χ1v) is 15.0. The predicted molar refractivity (Wildman–Crippen MR) is 116 cm³/mol. The average molecular weight is 477 g/mol. The van der Waals surface area contributed by atoms with E-state index in [1.54, 1.807) is 12.1 Å². The molecular formula is C20H35NO5SeSi. The number of nitro groups is 1. The van der Waals surface area contributed by atoms with E-state index >= 15 is 0 Å². The fourth-order valence-corrected chi connectivity index (χ4v) is 5.48. The summed E-state index contributed by atoms with van der Waals surface area (Å²) in [6.45, 7) is 16.6. The van der Waals surface area contributed by atoms with Gasteiger partial charge in [0.15, 0.2) is 0 Å². The van der Waals surface area contributed by atoms with Crippen LogP contribution in [0.4, 0.5) is 5.69 Å². The van der Waals surface area contributed by atoms with Gasteiger partial charge in [-0.1, -0.05) is 0 Å². The molecule has 0 bridgehead atoms. The number of hydrogen-bond donors (Lipinski definition) is 0. The summed E-state index contributed by atoms with van der Waals surface area (Å²) >= 11 is -2.89. The molecule has 28 heavy (non-hydrogen) atoms. The van der Waals surface area contributed by atoms with Gasteiger partial charge in [0, 0.05) is 0 Å². The van der Waals surface area contributed by atoms with Crippen molar-refractivity contribution in [2.45, 2.75) is 65.6 Å². The van der Waals surface area contributed by atoms with Crippen LogP contribution in [0.2, 0.25) is 18.1 Å². The molecule has 0 N–H and O–H groups in total. The van der Waals surface area contributed by atoms with Gasteiger partial charge >= 0.3 is 175 Å². The zero-order valence-electron chi connectivity index (χ0n) is 18.2. The molecule has 0 amide bonds. The van der Waals surface area contributed by atoms with E-state index in [1.165, 1.54) is 12.1 Å². The molecule has 1 aromatic carbocycles. The van der Waals surface area contributed by atoms with Crippen LogP contribution in [0.1, 0.15) is 47.5 Å². The third-order valence-corrected chi connectivity index (χ3v) is 12.4.